The van der Waals surface area contributed by atoms with Crippen molar-refractivity contribution in [1.29, 1.82) is 0 Å². The number of aliphatic hydroxyl groups excluding tert-OH is 1. The summed E-state index contributed by atoms with van der Waals surface area (Å²) in [6.07, 6.45) is 72.3. The number of hydrogen-bond donors (Lipinski definition) is 3. The third kappa shape index (κ3) is 81.0. The van der Waals surface area contributed by atoms with Crippen LogP contribution >= 0.6 is 15.6 Å². The van der Waals surface area contributed by atoms with Crippen molar-refractivity contribution in [3.63, 3.8) is 0 Å². The second kappa shape index (κ2) is 79.9. The van der Waals surface area contributed by atoms with Crippen molar-refractivity contribution < 1.29 is 80.2 Å². The molecule has 0 aliphatic rings. The largest absolute Gasteiger partial charge is 0.472 e. The van der Waals surface area contributed by atoms with Gasteiger partial charge in [0, 0.05) is 25.7 Å². The Kier molecular flexibility index (Phi) is 78.5. The molecule has 0 heterocycles. The van der Waals surface area contributed by atoms with Crippen molar-refractivity contribution in [3.05, 3.63) is 0 Å². The molecule has 0 saturated heterocycles. The van der Waals surface area contributed by atoms with Crippen molar-refractivity contribution in [3.8, 4) is 0 Å². The molecule has 0 rings (SSSR count). The molecule has 7 atom stereocenters. The van der Waals surface area contributed by atoms with E-state index < -0.39 is 97.5 Å². The first kappa shape index (κ1) is 107. The number of phosphoric ester groups is 2. The molecule has 0 aliphatic carbocycles. The van der Waals surface area contributed by atoms with Crippen molar-refractivity contribution >= 4 is 39.5 Å². The van der Waals surface area contributed by atoms with Gasteiger partial charge in [0.1, 0.15) is 19.3 Å². The smallest absolute Gasteiger partial charge is 0.462 e. The fourth-order valence-corrected chi connectivity index (χ4v) is 15.6. The van der Waals surface area contributed by atoms with Crippen molar-refractivity contribution in [2.45, 2.75) is 497 Å². The van der Waals surface area contributed by atoms with E-state index in [9.17, 15) is 43.2 Å². The van der Waals surface area contributed by atoms with Gasteiger partial charge in [-0.1, -0.05) is 427 Å². The highest BCUT2D eigenvalue weighted by molar-refractivity contribution is 7.47. The lowest BCUT2D eigenvalue weighted by Gasteiger charge is -2.21. The van der Waals surface area contributed by atoms with Gasteiger partial charge < -0.3 is 33.8 Å². The minimum Gasteiger partial charge on any atom is -0.462 e. The third-order valence-electron chi connectivity index (χ3n) is 21.9. The molecular formula is C90H176O17P2. The monoisotopic (exact) mass is 1590 g/mol. The van der Waals surface area contributed by atoms with Crippen LogP contribution in [-0.2, 0) is 65.4 Å². The van der Waals surface area contributed by atoms with Crippen LogP contribution in [0.15, 0.2) is 0 Å². The van der Waals surface area contributed by atoms with Crippen LogP contribution in [0, 0.1) is 17.8 Å². The summed E-state index contributed by atoms with van der Waals surface area (Å²) in [7, 11) is -9.93. The van der Waals surface area contributed by atoms with E-state index in [0.29, 0.717) is 25.7 Å². The Balaban J connectivity index is 5.24. The highest BCUT2D eigenvalue weighted by Gasteiger charge is 2.31. The first-order valence-electron chi connectivity index (χ1n) is 46.4. The van der Waals surface area contributed by atoms with Crippen LogP contribution in [0.1, 0.15) is 479 Å². The molecule has 109 heavy (non-hydrogen) atoms. The quantitative estimate of drug-likeness (QED) is 0.0222. The predicted molar refractivity (Wildman–Crippen MR) is 451 cm³/mol. The van der Waals surface area contributed by atoms with E-state index in [2.05, 4.69) is 48.5 Å². The maximum absolute atomic E-state index is 13.2. The Labute approximate surface area is 670 Å². The average Bonchev–Trinajstić information content (AvgIpc) is 0.898. The normalized spacial score (nSPS) is 14.3. The minimum atomic E-state index is -4.97. The van der Waals surface area contributed by atoms with E-state index in [4.69, 9.17) is 37.0 Å². The summed E-state index contributed by atoms with van der Waals surface area (Å²) in [5.41, 5.74) is 0. The Morgan fingerprint density at radius 3 is 0.697 bits per heavy atom. The number of rotatable bonds is 88. The molecule has 0 aromatic heterocycles. The number of carbonyl (C=O) groups excluding carboxylic acids is 4. The molecule has 17 nitrogen and oxygen atoms in total. The maximum Gasteiger partial charge on any atom is 0.472 e. The predicted octanol–water partition coefficient (Wildman–Crippen LogP) is 27.6. The fraction of sp³-hybridized carbons (Fsp3) is 0.956. The molecule has 19 heteroatoms. The molecule has 0 amide bonds. The van der Waals surface area contributed by atoms with Crippen LogP contribution in [0.2, 0.25) is 0 Å². The average molecular weight is 1590 g/mol. The number of carbonyl (C=O) groups is 4. The number of phosphoric acid groups is 2. The van der Waals surface area contributed by atoms with Gasteiger partial charge in [-0.25, -0.2) is 9.13 Å². The molecule has 0 saturated carbocycles. The number of aliphatic hydroxyl groups is 1. The van der Waals surface area contributed by atoms with E-state index in [1.807, 2.05) is 0 Å². The van der Waals surface area contributed by atoms with Crippen LogP contribution in [0.25, 0.3) is 0 Å². The van der Waals surface area contributed by atoms with E-state index in [1.54, 1.807) is 0 Å². The van der Waals surface area contributed by atoms with E-state index in [1.165, 1.54) is 289 Å². The second-order valence-electron chi connectivity index (χ2n) is 33.3. The zero-order valence-electron chi connectivity index (χ0n) is 72.0. The SMILES string of the molecule is CCCCCCCCCCCCCCCCCCCCCCCC(=O)OC[C@H](COP(=O)(O)OC[C@@H](O)COP(=O)(O)OC[C@@H](COC(=O)CCCCCCCCCCCC(C)C)OC(=O)CCCCCCCCCCCCC(C)CC)OC(=O)CCCCCCCCCCCCCCCCCCCCC(C)CC. The number of ether oxygens (including phenoxy) is 4. The van der Waals surface area contributed by atoms with E-state index >= 15 is 0 Å². The summed E-state index contributed by atoms with van der Waals surface area (Å²) in [6, 6.07) is 0. The molecule has 0 aliphatic heterocycles. The lowest BCUT2D eigenvalue weighted by Crippen LogP contribution is -2.30. The Morgan fingerprint density at radius 1 is 0.266 bits per heavy atom. The summed E-state index contributed by atoms with van der Waals surface area (Å²) in [5.74, 6) is 0.316. The third-order valence-corrected chi connectivity index (χ3v) is 23.8. The summed E-state index contributed by atoms with van der Waals surface area (Å²) >= 11 is 0. The first-order chi connectivity index (χ1) is 52.8. The Morgan fingerprint density at radius 2 is 0.468 bits per heavy atom. The van der Waals surface area contributed by atoms with Crippen LogP contribution in [-0.4, -0.2) is 96.7 Å². The van der Waals surface area contributed by atoms with Crippen molar-refractivity contribution in [2.75, 3.05) is 39.6 Å². The molecule has 3 N–H and O–H groups in total. The molecule has 0 bridgehead atoms. The van der Waals surface area contributed by atoms with Gasteiger partial charge in [0.2, 0.25) is 0 Å². The lowest BCUT2D eigenvalue weighted by molar-refractivity contribution is -0.161. The molecule has 4 unspecified atom stereocenters. The van der Waals surface area contributed by atoms with Gasteiger partial charge in [0.15, 0.2) is 12.2 Å². The van der Waals surface area contributed by atoms with Gasteiger partial charge in [-0.2, -0.15) is 0 Å². The number of hydrogen-bond acceptors (Lipinski definition) is 15. The highest BCUT2D eigenvalue weighted by Crippen LogP contribution is 2.45. The fourth-order valence-electron chi connectivity index (χ4n) is 14.0. The highest BCUT2D eigenvalue weighted by atomic mass is 31.2. The topological polar surface area (TPSA) is 237 Å². The zero-order chi connectivity index (χ0) is 80.0. The summed E-state index contributed by atoms with van der Waals surface area (Å²) in [4.78, 5) is 73.4. The minimum absolute atomic E-state index is 0.106. The zero-order valence-corrected chi connectivity index (χ0v) is 73.8. The summed E-state index contributed by atoms with van der Waals surface area (Å²) < 4.78 is 69.0. The molecule has 0 aromatic carbocycles. The molecule has 0 spiro atoms. The van der Waals surface area contributed by atoms with Gasteiger partial charge in [-0.05, 0) is 43.4 Å². The van der Waals surface area contributed by atoms with Crippen molar-refractivity contribution in [2.24, 2.45) is 17.8 Å². The summed E-state index contributed by atoms with van der Waals surface area (Å²) in [6.45, 7) is 12.1. The van der Waals surface area contributed by atoms with E-state index in [-0.39, 0.29) is 25.7 Å². The van der Waals surface area contributed by atoms with Crippen LogP contribution in [0.5, 0.6) is 0 Å². The van der Waals surface area contributed by atoms with Crippen molar-refractivity contribution in [1.82, 2.24) is 0 Å². The molecule has 0 radical (unpaired) electrons. The molecule has 0 fully saturated rings. The number of esters is 4. The standard InChI is InChI=1S/C90H176O17P2/c1-8-11-12-13-14-15-16-17-18-19-20-21-22-26-29-32-35-43-50-57-64-71-87(92)100-77-85(106-89(94)73-66-59-52-44-36-33-30-27-24-23-25-28-31-34-41-48-55-62-69-82(6)9-2)79-104-108(96,97)102-75-84(91)76-103-109(98,99)105-80-86(78-101-88(93)72-65-58-51-46-39-40-47-54-61-68-81(4)5)107-90(95)74-67-60-53-45-38-37-42-49-56-63-70-83(7)10-3/h81-86,91H,8-80H2,1-7H3,(H,96,97)(H,98,99)/t82?,83?,84-,85-,86-/m1/s1. The Bertz CT molecular complexity index is 2100. The van der Waals surface area contributed by atoms with Crippen LogP contribution in [0.4, 0.5) is 0 Å². The van der Waals surface area contributed by atoms with E-state index in [0.717, 1.165) is 108 Å². The lowest BCUT2D eigenvalue weighted by atomic mass is 9.99. The molecule has 0 aromatic rings. The second-order valence-corrected chi connectivity index (χ2v) is 36.2. The van der Waals surface area contributed by atoms with Gasteiger partial charge in [-0.15, -0.1) is 0 Å². The van der Waals surface area contributed by atoms with Gasteiger partial charge in [-0.3, -0.25) is 37.3 Å². The maximum atomic E-state index is 13.2. The van der Waals surface area contributed by atoms with Crippen LogP contribution in [0.3, 0.4) is 0 Å². The number of unbranched alkanes of at least 4 members (excludes halogenated alkanes) is 54. The summed E-state index contributed by atoms with van der Waals surface area (Å²) in [5, 5.41) is 10.7. The first-order valence-corrected chi connectivity index (χ1v) is 49.4. The Hall–Kier alpha value is -1.94. The van der Waals surface area contributed by atoms with Crippen LogP contribution < -0.4 is 0 Å². The van der Waals surface area contributed by atoms with Gasteiger partial charge >= 0.3 is 39.5 Å². The van der Waals surface area contributed by atoms with Gasteiger partial charge in [0.25, 0.3) is 0 Å². The molecule has 648 valence electrons. The molecular weight excluding hydrogens is 1410 g/mol. The van der Waals surface area contributed by atoms with Gasteiger partial charge in [0.05, 0.1) is 26.4 Å².